The molecule has 3 aromatic rings. The van der Waals surface area contributed by atoms with E-state index < -0.39 is 0 Å². The lowest BCUT2D eigenvalue weighted by atomic mass is 9.87. The van der Waals surface area contributed by atoms with Crippen LogP contribution in [0.1, 0.15) is 42.5 Å². The lowest BCUT2D eigenvalue weighted by Gasteiger charge is -2.19. The maximum atomic E-state index is 12.3. The van der Waals surface area contributed by atoms with Crippen molar-refractivity contribution in [1.29, 1.82) is 0 Å². The molecule has 1 aromatic heterocycles. The van der Waals surface area contributed by atoms with Crippen LogP contribution < -0.4 is 10.6 Å². The van der Waals surface area contributed by atoms with Crippen molar-refractivity contribution in [2.24, 2.45) is 0 Å². The van der Waals surface area contributed by atoms with Gasteiger partial charge in [0.2, 0.25) is 5.91 Å². The Hall–Kier alpha value is -3.48. The first-order chi connectivity index (χ1) is 13.7. The van der Waals surface area contributed by atoms with Gasteiger partial charge in [0.1, 0.15) is 5.82 Å². The molecule has 0 aliphatic heterocycles. The van der Waals surface area contributed by atoms with E-state index >= 15 is 0 Å². The number of nitrogens with one attached hydrogen (secondary N) is 3. The summed E-state index contributed by atoms with van der Waals surface area (Å²) in [5.74, 6) is 0.758. The smallest absolute Gasteiger partial charge is 0.251 e. The predicted octanol–water partition coefficient (Wildman–Crippen LogP) is 3.45. The molecule has 0 aliphatic carbocycles. The highest BCUT2D eigenvalue weighted by Crippen LogP contribution is 2.22. The molecular formula is C22H25N5O2. The third-order valence-corrected chi connectivity index (χ3v) is 4.45. The molecule has 0 fully saturated rings. The summed E-state index contributed by atoms with van der Waals surface area (Å²) in [5.41, 5.74) is 3.18. The van der Waals surface area contributed by atoms with Crippen molar-refractivity contribution in [3.63, 3.8) is 0 Å². The highest BCUT2D eigenvalue weighted by molar-refractivity contribution is 5.99. The molecule has 0 unspecified atom stereocenters. The van der Waals surface area contributed by atoms with Crippen LogP contribution in [0.3, 0.4) is 0 Å². The van der Waals surface area contributed by atoms with E-state index in [0.29, 0.717) is 17.1 Å². The largest absolute Gasteiger partial charge is 0.343 e. The highest BCUT2D eigenvalue weighted by atomic mass is 16.2. The van der Waals surface area contributed by atoms with Gasteiger partial charge in [-0.15, -0.1) is 0 Å². The molecule has 0 radical (unpaired) electrons. The number of rotatable bonds is 5. The number of H-pyrrole nitrogens is 1. The standard InChI is InChI=1S/C22H25N5O2/c1-14-24-20(27-26-14)15-7-11-18(12-8-15)25-19(28)13-23-21(29)16-5-9-17(10-6-16)22(2,3)4/h5-12H,13H2,1-4H3,(H,23,29)(H,25,28)(H,24,26,27). The molecule has 1 heterocycles. The molecule has 0 atom stereocenters. The molecule has 29 heavy (non-hydrogen) atoms. The molecular weight excluding hydrogens is 366 g/mol. The summed E-state index contributed by atoms with van der Waals surface area (Å²) >= 11 is 0. The third kappa shape index (κ3) is 5.28. The summed E-state index contributed by atoms with van der Waals surface area (Å²) in [4.78, 5) is 28.7. The Morgan fingerprint density at radius 2 is 1.66 bits per heavy atom. The van der Waals surface area contributed by atoms with Gasteiger partial charge in [-0.25, -0.2) is 4.98 Å². The number of anilines is 1. The molecule has 2 aromatic carbocycles. The first-order valence-electron chi connectivity index (χ1n) is 9.40. The molecule has 0 spiro atoms. The minimum atomic E-state index is -0.300. The normalized spacial score (nSPS) is 11.2. The van der Waals surface area contributed by atoms with Gasteiger partial charge in [-0.05, 0) is 54.3 Å². The summed E-state index contributed by atoms with van der Waals surface area (Å²) in [6.45, 7) is 8.07. The van der Waals surface area contributed by atoms with E-state index in [4.69, 9.17) is 0 Å². The van der Waals surface area contributed by atoms with Gasteiger partial charge in [0.25, 0.3) is 5.91 Å². The second kappa shape index (κ2) is 8.26. The van der Waals surface area contributed by atoms with Crippen LogP contribution in [0.2, 0.25) is 0 Å². The fraction of sp³-hybridized carbons (Fsp3) is 0.273. The summed E-state index contributed by atoms with van der Waals surface area (Å²) in [5, 5.41) is 12.3. The van der Waals surface area contributed by atoms with E-state index in [9.17, 15) is 9.59 Å². The zero-order valence-corrected chi connectivity index (χ0v) is 17.0. The fourth-order valence-electron chi connectivity index (χ4n) is 2.76. The van der Waals surface area contributed by atoms with Crippen molar-refractivity contribution in [3.8, 4) is 11.4 Å². The van der Waals surface area contributed by atoms with Crippen LogP contribution in [-0.2, 0) is 10.2 Å². The average Bonchev–Trinajstić information content (AvgIpc) is 3.12. The minimum Gasteiger partial charge on any atom is -0.343 e. The van der Waals surface area contributed by atoms with Gasteiger partial charge in [0.15, 0.2) is 5.82 Å². The van der Waals surface area contributed by atoms with Crippen LogP contribution in [-0.4, -0.2) is 33.5 Å². The van der Waals surface area contributed by atoms with Gasteiger partial charge >= 0.3 is 0 Å². The minimum absolute atomic E-state index is 0.0243. The number of nitrogens with zero attached hydrogens (tertiary/aromatic N) is 2. The summed E-state index contributed by atoms with van der Waals surface area (Å²) in [6.07, 6.45) is 0. The number of aromatic amines is 1. The maximum absolute atomic E-state index is 12.3. The monoisotopic (exact) mass is 391 g/mol. The average molecular weight is 391 g/mol. The molecule has 0 bridgehead atoms. The van der Waals surface area contributed by atoms with Crippen LogP contribution >= 0.6 is 0 Å². The zero-order valence-electron chi connectivity index (χ0n) is 17.0. The molecule has 3 N–H and O–H groups in total. The Morgan fingerprint density at radius 3 is 2.21 bits per heavy atom. The van der Waals surface area contributed by atoms with Crippen LogP contribution in [0, 0.1) is 6.92 Å². The van der Waals surface area contributed by atoms with Crippen molar-refractivity contribution >= 4 is 17.5 Å². The van der Waals surface area contributed by atoms with Crippen LogP contribution in [0.5, 0.6) is 0 Å². The van der Waals surface area contributed by atoms with Crippen LogP contribution in [0.15, 0.2) is 48.5 Å². The molecule has 3 rings (SSSR count). The fourth-order valence-corrected chi connectivity index (χ4v) is 2.76. The molecule has 7 nitrogen and oxygen atoms in total. The second-order valence-corrected chi connectivity index (χ2v) is 7.88. The number of aromatic nitrogens is 3. The van der Waals surface area contributed by atoms with E-state index in [1.54, 1.807) is 24.3 Å². The number of benzene rings is 2. The molecule has 0 saturated carbocycles. The van der Waals surface area contributed by atoms with Gasteiger partial charge in [0, 0.05) is 16.8 Å². The number of carbonyl (C=O) groups excluding carboxylic acids is 2. The molecule has 2 amide bonds. The number of aryl methyl sites for hydroxylation is 1. The topological polar surface area (TPSA) is 99.8 Å². The summed E-state index contributed by atoms with van der Waals surface area (Å²) in [7, 11) is 0. The Morgan fingerprint density at radius 1 is 1.00 bits per heavy atom. The van der Waals surface area contributed by atoms with Crippen molar-refractivity contribution < 1.29 is 9.59 Å². The van der Waals surface area contributed by atoms with Crippen molar-refractivity contribution in [2.45, 2.75) is 33.1 Å². The van der Waals surface area contributed by atoms with Crippen molar-refractivity contribution in [2.75, 3.05) is 11.9 Å². The number of amides is 2. The van der Waals surface area contributed by atoms with E-state index in [0.717, 1.165) is 17.0 Å². The number of hydrogen-bond acceptors (Lipinski definition) is 4. The van der Waals surface area contributed by atoms with Gasteiger partial charge in [0.05, 0.1) is 6.54 Å². The first-order valence-corrected chi connectivity index (χ1v) is 9.40. The Labute approximate surface area is 170 Å². The van der Waals surface area contributed by atoms with Crippen LogP contribution in [0.25, 0.3) is 11.4 Å². The first kappa shape index (κ1) is 20.3. The lowest BCUT2D eigenvalue weighted by molar-refractivity contribution is -0.115. The Bertz CT molecular complexity index is 999. The second-order valence-electron chi connectivity index (χ2n) is 7.88. The van der Waals surface area contributed by atoms with Crippen LogP contribution in [0.4, 0.5) is 5.69 Å². The maximum Gasteiger partial charge on any atom is 0.251 e. The van der Waals surface area contributed by atoms with E-state index in [-0.39, 0.29) is 23.8 Å². The Balaban J connectivity index is 1.52. The zero-order chi connectivity index (χ0) is 21.0. The van der Waals surface area contributed by atoms with Gasteiger partial charge in [-0.1, -0.05) is 32.9 Å². The summed E-state index contributed by atoms with van der Waals surface area (Å²) in [6, 6.07) is 14.6. The number of carbonyl (C=O) groups is 2. The molecule has 150 valence electrons. The van der Waals surface area contributed by atoms with Gasteiger partial charge < -0.3 is 10.6 Å². The van der Waals surface area contributed by atoms with E-state index in [1.807, 2.05) is 31.2 Å². The molecule has 7 heteroatoms. The molecule has 0 aliphatic rings. The van der Waals surface area contributed by atoms with E-state index in [2.05, 4.69) is 46.6 Å². The third-order valence-electron chi connectivity index (χ3n) is 4.45. The van der Waals surface area contributed by atoms with Gasteiger partial charge in [-0.3, -0.25) is 14.7 Å². The quantitative estimate of drug-likeness (QED) is 0.620. The molecule has 0 saturated heterocycles. The number of hydrogen-bond donors (Lipinski definition) is 3. The van der Waals surface area contributed by atoms with Gasteiger partial charge in [-0.2, -0.15) is 5.10 Å². The SMILES string of the molecule is Cc1nc(-c2ccc(NC(=O)CNC(=O)c3ccc(C(C)(C)C)cc3)cc2)n[nH]1. The van der Waals surface area contributed by atoms with Crippen molar-refractivity contribution in [1.82, 2.24) is 20.5 Å². The van der Waals surface area contributed by atoms with E-state index in [1.165, 1.54) is 0 Å². The lowest BCUT2D eigenvalue weighted by Crippen LogP contribution is -2.32. The van der Waals surface area contributed by atoms with Crippen molar-refractivity contribution in [3.05, 3.63) is 65.5 Å². The Kier molecular flexibility index (Phi) is 5.77. The highest BCUT2D eigenvalue weighted by Gasteiger charge is 2.14. The summed E-state index contributed by atoms with van der Waals surface area (Å²) < 4.78 is 0. The predicted molar refractivity (Wildman–Crippen MR) is 113 cm³/mol.